The van der Waals surface area contributed by atoms with Crippen LogP contribution in [0.3, 0.4) is 0 Å². The van der Waals surface area contributed by atoms with Crippen LogP contribution in [-0.2, 0) is 0 Å². The average Bonchev–Trinajstić information content (AvgIpc) is 2.05. The minimum atomic E-state index is 0.934. The molecule has 0 aliphatic carbocycles. The van der Waals surface area contributed by atoms with E-state index in [2.05, 4.69) is 23.7 Å². The van der Waals surface area contributed by atoms with Crippen molar-refractivity contribution in [2.24, 2.45) is 4.99 Å². The van der Waals surface area contributed by atoms with Gasteiger partial charge in [0.05, 0.1) is 0 Å². The molecule has 1 aliphatic rings. The van der Waals surface area contributed by atoms with Crippen molar-refractivity contribution in [3.05, 3.63) is 36.1 Å². The summed E-state index contributed by atoms with van der Waals surface area (Å²) in [5.41, 5.74) is 2.27. The fraction of sp³-hybridized carbons (Fsp3) is 0.364. The number of rotatable bonds is 3. The zero-order chi connectivity index (χ0) is 8.81. The van der Waals surface area contributed by atoms with Crippen molar-refractivity contribution in [1.29, 1.82) is 0 Å². The molecule has 1 rings (SSSR count). The van der Waals surface area contributed by atoms with Gasteiger partial charge in [-0.15, -0.1) is 0 Å². The molecule has 0 saturated heterocycles. The molecule has 0 atom stereocenters. The van der Waals surface area contributed by atoms with Crippen LogP contribution in [0.4, 0.5) is 0 Å². The SMILES string of the molecule is C=C(C)/C=C\CC1=CCCC=N1. The van der Waals surface area contributed by atoms with Crippen molar-refractivity contribution in [2.75, 3.05) is 0 Å². The lowest BCUT2D eigenvalue weighted by atomic mass is 10.2. The molecule has 0 saturated carbocycles. The second kappa shape index (κ2) is 4.70. The van der Waals surface area contributed by atoms with Gasteiger partial charge in [-0.1, -0.05) is 30.4 Å². The maximum absolute atomic E-state index is 4.28. The van der Waals surface area contributed by atoms with Crippen molar-refractivity contribution < 1.29 is 0 Å². The van der Waals surface area contributed by atoms with E-state index in [9.17, 15) is 0 Å². The average molecular weight is 161 g/mol. The molecule has 0 unspecified atom stereocenters. The molecular weight excluding hydrogens is 146 g/mol. The molecule has 64 valence electrons. The normalized spacial score (nSPS) is 16.6. The number of hydrogen-bond acceptors (Lipinski definition) is 1. The zero-order valence-corrected chi connectivity index (χ0v) is 7.59. The molecule has 1 heterocycles. The van der Waals surface area contributed by atoms with Gasteiger partial charge in [0.15, 0.2) is 0 Å². The quantitative estimate of drug-likeness (QED) is 0.563. The van der Waals surface area contributed by atoms with Crippen molar-refractivity contribution in [3.8, 4) is 0 Å². The summed E-state index contributed by atoms with van der Waals surface area (Å²) in [6.45, 7) is 5.79. The Morgan fingerprint density at radius 2 is 2.50 bits per heavy atom. The van der Waals surface area contributed by atoms with E-state index in [0.717, 1.165) is 24.8 Å². The Morgan fingerprint density at radius 1 is 1.67 bits per heavy atom. The number of hydrogen-bond donors (Lipinski definition) is 0. The molecule has 0 bridgehead atoms. The lowest BCUT2D eigenvalue weighted by Gasteiger charge is -2.01. The van der Waals surface area contributed by atoms with E-state index in [1.54, 1.807) is 0 Å². The molecule has 0 aromatic rings. The molecule has 0 N–H and O–H groups in total. The molecule has 0 radical (unpaired) electrons. The minimum Gasteiger partial charge on any atom is -0.266 e. The fourth-order valence-corrected chi connectivity index (χ4v) is 1.08. The van der Waals surface area contributed by atoms with Gasteiger partial charge in [0.25, 0.3) is 0 Å². The summed E-state index contributed by atoms with van der Waals surface area (Å²) in [7, 11) is 0. The van der Waals surface area contributed by atoms with Crippen LogP contribution in [0.1, 0.15) is 26.2 Å². The van der Waals surface area contributed by atoms with Crippen molar-refractivity contribution in [2.45, 2.75) is 26.2 Å². The Labute approximate surface area is 74.2 Å². The molecule has 0 aromatic carbocycles. The highest BCUT2D eigenvalue weighted by Crippen LogP contribution is 2.11. The Kier molecular flexibility index (Phi) is 3.52. The highest BCUT2D eigenvalue weighted by atomic mass is 14.7. The van der Waals surface area contributed by atoms with Crippen molar-refractivity contribution in [3.63, 3.8) is 0 Å². The first kappa shape index (κ1) is 8.98. The van der Waals surface area contributed by atoms with Crippen molar-refractivity contribution in [1.82, 2.24) is 0 Å². The van der Waals surface area contributed by atoms with Gasteiger partial charge in [-0.2, -0.15) is 0 Å². The minimum absolute atomic E-state index is 0.934. The monoisotopic (exact) mass is 161 g/mol. The summed E-state index contributed by atoms with van der Waals surface area (Å²) in [4.78, 5) is 4.28. The largest absolute Gasteiger partial charge is 0.266 e. The van der Waals surface area contributed by atoms with E-state index in [1.807, 2.05) is 19.2 Å². The van der Waals surface area contributed by atoms with Gasteiger partial charge in [-0.3, -0.25) is 4.99 Å². The molecule has 1 aliphatic heterocycles. The van der Waals surface area contributed by atoms with Gasteiger partial charge in [-0.05, 0) is 19.8 Å². The molecule has 1 heteroatoms. The van der Waals surface area contributed by atoms with Crippen LogP contribution in [0.5, 0.6) is 0 Å². The Hall–Kier alpha value is -1.11. The molecule has 0 aromatic heterocycles. The smallest absolute Gasteiger partial charge is 0.0397 e. The Balaban J connectivity index is 2.36. The topological polar surface area (TPSA) is 12.4 Å². The third kappa shape index (κ3) is 3.33. The Morgan fingerprint density at radius 3 is 3.08 bits per heavy atom. The number of aliphatic imine (C=N–C) groups is 1. The van der Waals surface area contributed by atoms with Gasteiger partial charge in [-0.25, -0.2) is 0 Å². The molecule has 1 nitrogen and oxygen atoms in total. The molecule has 0 fully saturated rings. The second-order valence-corrected chi connectivity index (χ2v) is 3.04. The summed E-state index contributed by atoms with van der Waals surface area (Å²) in [5.74, 6) is 0. The van der Waals surface area contributed by atoms with Crippen LogP contribution >= 0.6 is 0 Å². The van der Waals surface area contributed by atoms with Crippen LogP contribution in [0.15, 0.2) is 41.1 Å². The summed E-state index contributed by atoms with van der Waals surface area (Å²) < 4.78 is 0. The standard InChI is InChI=1S/C11H15N/c1-10(2)6-5-8-11-7-3-4-9-12-11/h5-7,9H,1,3-4,8H2,2H3/b6-5-. The van der Waals surface area contributed by atoms with Crippen molar-refractivity contribution >= 4 is 6.21 Å². The third-order valence-electron chi connectivity index (χ3n) is 1.66. The third-order valence-corrected chi connectivity index (χ3v) is 1.66. The van der Waals surface area contributed by atoms with E-state index in [4.69, 9.17) is 0 Å². The summed E-state index contributed by atoms with van der Waals surface area (Å²) >= 11 is 0. The predicted molar refractivity (Wildman–Crippen MR) is 54.4 cm³/mol. The molecule has 0 amide bonds. The van der Waals surface area contributed by atoms with E-state index in [1.165, 1.54) is 5.70 Å². The van der Waals surface area contributed by atoms with Gasteiger partial charge in [0.2, 0.25) is 0 Å². The number of nitrogens with zero attached hydrogens (tertiary/aromatic N) is 1. The van der Waals surface area contributed by atoms with Crippen LogP contribution in [0.25, 0.3) is 0 Å². The predicted octanol–water partition coefficient (Wildman–Crippen LogP) is 3.26. The number of allylic oxidation sites excluding steroid dienone is 4. The molecular formula is C11H15N. The first-order valence-corrected chi connectivity index (χ1v) is 4.32. The maximum Gasteiger partial charge on any atom is 0.0397 e. The van der Waals surface area contributed by atoms with Gasteiger partial charge >= 0.3 is 0 Å². The summed E-state index contributed by atoms with van der Waals surface area (Å²) in [6, 6.07) is 0. The van der Waals surface area contributed by atoms with Crippen LogP contribution in [-0.4, -0.2) is 6.21 Å². The lowest BCUT2D eigenvalue weighted by molar-refractivity contribution is 1.01. The highest BCUT2D eigenvalue weighted by Gasteiger charge is 1.94. The lowest BCUT2D eigenvalue weighted by Crippen LogP contribution is -1.86. The van der Waals surface area contributed by atoms with Crippen LogP contribution in [0.2, 0.25) is 0 Å². The van der Waals surface area contributed by atoms with Crippen LogP contribution in [0, 0.1) is 0 Å². The Bertz CT molecular complexity index is 244. The molecule has 0 spiro atoms. The van der Waals surface area contributed by atoms with E-state index in [0.29, 0.717) is 0 Å². The maximum atomic E-state index is 4.28. The zero-order valence-electron chi connectivity index (χ0n) is 7.59. The highest BCUT2D eigenvalue weighted by molar-refractivity contribution is 5.60. The first-order valence-electron chi connectivity index (χ1n) is 4.32. The van der Waals surface area contributed by atoms with E-state index < -0.39 is 0 Å². The second-order valence-electron chi connectivity index (χ2n) is 3.04. The van der Waals surface area contributed by atoms with Gasteiger partial charge < -0.3 is 0 Å². The summed E-state index contributed by atoms with van der Waals surface area (Å²) in [5, 5.41) is 0. The first-order chi connectivity index (χ1) is 5.79. The van der Waals surface area contributed by atoms with Gasteiger partial charge in [0.1, 0.15) is 0 Å². The molecule has 12 heavy (non-hydrogen) atoms. The van der Waals surface area contributed by atoms with E-state index in [-0.39, 0.29) is 0 Å². The van der Waals surface area contributed by atoms with Gasteiger partial charge in [0, 0.05) is 18.3 Å². The van der Waals surface area contributed by atoms with E-state index >= 15 is 0 Å². The fourth-order valence-electron chi connectivity index (χ4n) is 1.08. The van der Waals surface area contributed by atoms with Crippen LogP contribution < -0.4 is 0 Å². The summed E-state index contributed by atoms with van der Waals surface area (Å²) in [6.07, 6.45) is 11.5.